The number of pyridine rings is 2. The summed E-state index contributed by atoms with van der Waals surface area (Å²) in [6.07, 6.45) is 4.03. The van der Waals surface area contributed by atoms with Crippen LogP contribution >= 0.6 is 0 Å². The van der Waals surface area contributed by atoms with E-state index < -0.39 is 5.41 Å². The second kappa shape index (κ2) is 19.3. The van der Waals surface area contributed by atoms with Gasteiger partial charge in [0.25, 0.3) is 0 Å². The Morgan fingerprint density at radius 3 is 1.24 bits per heavy atom. The van der Waals surface area contributed by atoms with Crippen molar-refractivity contribution in [2.45, 2.75) is 5.41 Å². The number of rotatable bonds is 5. The van der Waals surface area contributed by atoms with Crippen molar-refractivity contribution in [2.24, 2.45) is 0 Å². The summed E-state index contributed by atoms with van der Waals surface area (Å²) >= 11 is 0. The number of hydrogen-bond acceptors (Lipinski definition) is 7. The van der Waals surface area contributed by atoms with Gasteiger partial charge in [-0.3, -0.25) is 9.97 Å². The smallest absolute Gasteiger partial charge is 0.153 e. The van der Waals surface area contributed by atoms with Crippen LogP contribution in [0.15, 0.2) is 285 Å². The maximum Gasteiger partial charge on any atom is 0.153 e. The number of nitriles is 2. The van der Waals surface area contributed by atoms with Crippen LogP contribution in [0.5, 0.6) is 23.0 Å². The molecule has 0 saturated heterocycles. The van der Waals surface area contributed by atoms with Gasteiger partial charge in [-0.2, -0.15) is 10.5 Å². The largest absolute Gasteiger partial charge is 0.457 e. The molecule has 0 saturated carbocycles. The topological polar surface area (TPSA) is 115 Å². The maximum absolute atomic E-state index is 10.4. The van der Waals surface area contributed by atoms with Crippen molar-refractivity contribution in [1.82, 2.24) is 28.2 Å². The van der Waals surface area contributed by atoms with E-state index in [9.17, 15) is 10.5 Å². The van der Waals surface area contributed by atoms with Gasteiger partial charge in [0.1, 0.15) is 11.5 Å². The molecule has 0 radical (unpaired) electrons. The molecule has 0 atom stereocenters. The molecule has 6 aromatic heterocycles. The molecule has 21 rings (SSSR count). The first-order chi connectivity index (χ1) is 47.5. The summed E-state index contributed by atoms with van der Waals surface area (Å²) in [6.45, 7) is 0. The van der Waals surface area contributed by atoms with Crippen molar-refractivity contribution in [2.75, 3.05) is 4.90 Å². The van der Waals surface area contributed by atoms with Crippen LogP contribution in [0.1, 0.15) is 33.4 Å². The standard InChI is InChI=1S/C85H47N9O2/c86-46-50-32-37-73-62(40-50)60-20-5-11-26-71(60)90(73)53-35-39-76-81(45-53)95-78-30-14-13-28-75(78)91(76)52-34-36-64-80(44-52)96-79-31-15-29-77(94-72-27-12-6-21-61(72)63-41-51(47-87)33-38-74(63)94)82(79)85(64)65-42-54(92-67-22-7-1-16-56(67)57-17-2-8-23-68(57)92)48-88-83(65)84-66(85)43-55(49-89-84)93-69-24-9-3-18-58(69)59-19-4-10-25-70(59)93/h1-45,48-49H. The van der Waals surface area contributed by atoms with Crippen molar-refractivity contribution in [3.05, 3.63) is 319 Å². The van der Waals surface area contributed by atoms with Gasteiger partial charge in [-0.15, -0.1) is 0 Å². The average Bonchev–Trinajstić information content (AvgIpc) is 1.47. The third-order valence-electron chi connectivity index (χ3n) is 20.3. The molecule has 11 nitrogen and oxygen atoms in total. The third-order valence-corrected chi connectivity index (χ3v) is 20.3. The van der Waals surface area contributed by atoms with Crippen LogP contribution in [-0.4, -0.2) is 28.2 Å². The number of anilines is 3. The first kappa shape index (κ1) is 52.2. The van der Waals surface area contributed by atoms with Crippen LogP contribution in [0.3, 0.4) is 0 Å². The Morgan fingerprint density at radius 2 is 0.698 bits per heavy atom. The molecule has 11 heteroatoms. The van der Waals surface area contributed by atoms with Crippen molar-refractivity contribution in [3.63, 3.8) is 0 Å². The van der Waals surface area contributed by atoms with Crippen LogP contribution in [0.25, 0.3) is 121 Å². The first-order valence-corrected chi connectivity index (χ1v) is 32.1. The van der Waals surface area contributed by atoms with E-state index in [1.807, 2.05) is 60.9 Å². The monoisotopic (exact) mass is 1230 g/mol. The lowest BCUT2D eigenvalue weighted by molar-refractivity contribution is 0.435. The van der Waals surface area contributed by atoms with Crippen LogP contribution in [0, 0.1) is 22.7 Å². The second-order valence-electron chi connectivity index (χ2n) is 25.1. The molecule has 0 amide bonds. The summed E-state index contributed by atoms with van der Waals surface area (Å²) in [7, 11) is 0. The van der Waals surface area contributed by atoms with Gasteiger partial charge in [0.2, 0.25) is 0 Å². The number of aromatic nitrogens is 6. The second-order valence-corrected chi connectivity index (χ2v) is 25.1. The van der Waals surface area contributed by atoms with Crippen molar-refractivity contribution >= 4 is 104 Å². The number of ether oxygens (including phenoxy) is 2. The maximum atomic E-state index is 10.4. The zero-order chi connectivity index (χ0) is 63.1. The van der Waals surface area contributed by atoms with Gasteiger partial charge in [-0.05, 0) is 127 Å². The summed E-state index contributed by atoms with van der Waals surface area (Å²) in [4.78, 5) is 13.6. The van der Waals surface area contributed by atoms with Crippen molar-refractivity contribution in [1.29, 1.82) is 10.5 Å². The van der Waals surface area contributed by atoms with E-state index in [-0.39, 0.29) is 0 Å². The summed E-state index contributed by atoms with van der Waals surface area (Å²) in [5, 5.41) is 29.0. The number of benzene rings is 12. The molecule has 96 heavy (non-hydrogen) atoms. The normalized spacial score (nSPS) is 13.2. The van der Waals surface area contributed by atoms with Gasteiger partial charge in [0.05, 0.1) is 136 Å². The predicted octanol–water partition coefficient (Wildman–Crippen LogP) is 20.7. The first-order valence-electron chi connectivity index (χ1n) is 32.1. The highest BCUT2D eigenvalue weighted by molar-refractivity contribution is 6.13. The highest BCUT2D eigenvalue weighted by Crippen LogP contribution is 2.65. The minimum Gasteiger partial charge on any atom is -0.457 e. The number of fused-ring (bicyclic) bond motifs is 23. The molecule has 1 spiro atoms. The number of para-hydroxylation sites is 8. The Labute approximate surface area is 547 Å². The Kier molecular flexibility index (Phi) is 10.5. The predicted molar refractivity (Wildman–Crippen MR) is 381 cm³/mol. The SMILES string of the molecule is N#Cc1ccc2c(c1)c1ccccc1n2-c1ccc2c(c1)Oc1ccccc1N2c1ccc2c(c1)Oc1cccc(-n3c4ccccc4c4cc(C#N)ccc43)c1C21c2cc(-n3c4ccccc4c4ccccc43)cnc2-c2ncc(-n3c4ccccc4c4ccccc43)cc21. The minimum atomic E-state index is -1.19. The zero-order valence-corrected chi connectivity index (χ0v) is 51.0. The van der Waals surface area contributed by atoms with Crippen LogP contribution in [0.4, 0.5) is 17.1 Å². The molecule has 3 aliphatic rings. The lowest BCUT2D eigenvalue weighted by Gasteiger charge is -2.41. The van der Waals surface area contributed by atoms with Gasteiger partial charge in [0.15, 0.2) is 11.5 Å². The third kappa shape index (κ3) is 6.91. The van der Waals surface area contributed by atoms with Crippen molar-refractivity contribution in [3.8, 4) is 69.3 Å². The van der Waals surface area contributed by atoms with Crippen LogP contribution in [-0.2, 0) is 5.41 Å². The quantitative estimate of drug-likeness (QED) is 0.169. The van der Waals surface area contributed by atoms with E-state index in [2.05, 4.69) is 260 Å². The molecule has 18 aromatic rings. The van der Waals surface area contributed by atoms with Gasteiger partial charge >= 0.3 is 0 Å². The van der Waals surface area contributed by atoms with E-state index in [0.717, 1.165) is 161 Å². The number of nitrogens with zero attached hydrogens (tertiary/aromatic N) is 9. The Balaban J connectivity index is 0.858. The Hall–Kier alpha value is -13.5. The summed E-state index contributed by atoms with van der Waals surface area (Å²) in [6, 6.07) is 100. The molecule has 0 fully saturated rings. The highest BCUT2D eigenvalue weighted by atomic mass is 16.5. The molecule has 12 aromatic carbocycles. The van der Waals surface area contributed by atoms with Gasteiger partial charge in [0, 0.05) is 77.5 Å². The molecular weight excluding hydrogens is 1180 g/mol. The fourth-order valence-corrected chi connectivity index (χ4v) is 16.5. The molecular formula is C85H47N9O2. The van der Waals surface area contributed by atoms with E-state index in [1.54, 1.807) is 0 Å². The molecule has 2 aliphatic heterocycles. The fraction of sp³-hybridized carbons (Fsp3) is 0.0118. The van der Waals surface area contributed by atoms with E-state index in [0.29, 0.717) is 34.1 Å². The fourth-order valence-electron chi connectivity index (χ4n) is 16.5. The summed E-state index contributed by atoms with van der Waals surface area (Å²) in [5.74, 6) is 2.70. The van der Waals surface area contributed by atoms with Crippen LogP contribution in [0.2, 0.25) is 0 Å². The summed E-state index contributed by atoms with van der Waals surface area (Å²) < 4.78 is 24.0. The lowest BCUT2D eigenvalue weighted by Crippen LogP contribution is -2.34. The molecule has 8 heterocycles. The number of hydrogen-bond donors (Lipinski definition) is 0. The Bertz CT molecular complexity index is 6340. The molecule has 0 N–H and O–H groups in total. The van der Waals surface area contributed by atoms with Crippen molar-refractivity contribution < 1.29 is 9.47 Å². The lowest BCUT2D eigenvalue weighted by atomic mass is 9.65. The van der Waals surface area contributed by atoms with Crippen LogP contribution < -0.4 is 14.4 Å². The van der Waals surface area contributed by atoms with E-state index in [1.165, 1.54) is 0 Å². The zero-order valence-electron chi connectivity index (χ0n) is 51.0. The molecule has 0 bridgehead atoms. The summed E-state index contributed by atoms with van der Waals surface area (Å²) in [5.41, 5.74) is 19.7. The molecule has 1 aliphatic carbocycles. The van der Waals surface area contributed by atoms with Gasteiger partial charge in [-0.25, -0.2) is 0 Å². The highest BCUT2D eigenvalue weighted by Gasteiger charge is 2.55. The average molecular weight is 1230 g/mol. The van der Waals surface area contributed by atoms with Gasteiger partial charge < -0.3 is 32.6 Å². The van der Waals surface area contributed by atoms with Gasteiger partial charge in [-0.1, -0.05) is 133 Å². The molecule has 0 unspecified atom stereocenters. The Morgan fingerprint density at radius 1 is 0.292 bits per heavy atom. The van der Waals surface area contributed by atoms with E-state index >= 15 is 0 Å². The van der Waals surface area contributed by atoms with E-state index in [4.69, 9.17) is 19.4 Å². The minimum absolute atomic E-state index is 0.584. The molecule has 444 valence electrons.